The van der Waals surface area contributed by atoms with Gasteiger partial charge in [0.15, 0.2) is 5.82 Å². The maximum atomic E-state index is 11.9. The van der Waals surface area contributed by atoms with Crippen molar-refractivity contribution in [3.8, 4) is 22.8 Å². The quantitative estimate of drug-likeness (QED) is 0.743. The van der Waals surface area contributed by atoms with Gasteiger partial charge in [0.25, 0.3) is 5.91 Å². The predicted octanol–water partition coefficient (Wildman–Crippen LogP) is 1.63. The van der Waals surface area contributed by atoms with Gasteiger partial charge in [-0.3, -0.25) is 9.48 Å². The van der Waals surface area contributed by atoms with Crippen molar-refractivity contribution >= 4 is 18.3 Å². The molecule has 0 atom stereocenters. The van der Waals surface area contributed by atoms with Gasteiger partial charge in [0, 0.05) is 24.8 Å². The van der Waals surface area contributed by atoms with Crippen LogP contribution in [-0.2, 0) is 13.1 Å². The first kappa shape index (κ1) is 17.1. The maximum Gasteiger partial charge on any atom is 0.269 e. The number of nitrogens with two attached hydrogens (primary N) is 1. The number of benzene rings is 1. The Morgan fingerprint density at radius 3 is 2.68 bits per heavy atom. The minimum Gasteiger partial charge on any atom is -0.349 e. The summed E-state index contributed by atoms with van der Waals surface area (Å²) in [4.78, 5) is 20.8. The Kier molecular flexibility index (Phi) is 4.78. The molecule has 0 bridgehead atoms. The van der Waals surface area contributed by atoms with E-state index in [-0.39, 0.29) is 18.3 Å². The van der Waals surface area contributed by atoms with Crippen molar-refractivity contribution in [3.05, 3.63) is 53.9 Å². The molecular weight excluding hydrogens is 340 g/mol. The number of halogens is 1. The van der Waals surface area contributed by atoms with Crippen molar-refractivity contribution in [2.45, 2.75) is 13.1 Å². The molecule has 0 spiro atoms. The van der Waals surface area contributed by atoms with Gasteiger partial charge >= 0.3 is 0 Å². The molecule has 2 aromatic heterocycles. The summed E-state index contributed by atoms with van der Waals surface area (Å²) in [7, 11) is 0. The lowest BCUT2D eigenvalue weighted by Gasteiger charge is -2.13. The van der Waals surface area contributed by atoms with Crippen LogP contribution in [0.25, 0.3) is 22.8 Å². The molecule has 0 fully saturated rings. The fourth-order valence-electron chi connectivity index (χ4n) is 2.69. The van der Waals surface area contributed by atoms with Crippen molar-refractivity contribution < 1.29 is 4.79 Å². The predicted molar refractivity (Wildman–Crippen MR) is 96.2 cm³/mol. The standard InChI is InChI=1S/C17H16N6O.ClH/c18-10-11-1-3-12(4-2-11)16-19-6-5-13(21-16)14-9-15-17(24)20-7-8-23(15)22-14;/h1-6,9H,7-8,10,18H2,(H,20,24);1H. The summed E-state index contributed by atoms with van der Waals surface area (Å²) in [5.41, 5.74) is 9.52. The van der Waals surface area contributed by atoms with E-state index < -0.39 is 0 Å². The van der Waals surface area contributed by atoms with E-state index in [1.807, 2.05) is 24.3 Å². The van der Waals surface area contributed by atoms with Gasteiger partial charge in [-0.15, -0.1) is 12.4 Å². The van der Waals surface area contributed by atoms with E-state index in [9.17, 15) is 4.79 Å². The zero-order valence-electron chi connectivity index (χ0n) is 13.3. The first-order valence-corrected chi connectivity index (χ1v) is 7.73. The molecule has 25 heavy (non-hydrogen) atoms. The Bertz CT molecular complexity index is 906. The monoisotopic (exact) mass is 356 g/mol. The molecule has 8 heteroatoms. The molecule has 1 aliphatic rings. The van der Waals surface area contributed by atoms with E-state index >= 15 is 0 Å². The molecule has 7 nitrogen and oxygen atoms in total. The zero-order valence-corrected chi connectivity index (χ0v) is 14.2. The molecule has 3 aromatic rings. The Morgan fingerprint density at radius 1 is 1.16 bits per heavy atom. The third-order valence-electron chi connectivity index (χ3n) is 3.99. The summed E-state index contributed by atoms with van der Waals surface area (Å²) in [6, 6.07) is 11.4. The minimum atomic E-state index is -0.105. The summed E-state index contributed by atoms with van der Waals surface area (Å²) in [6.45, 7) is 1.76. The smallest absolute Gasteiger partial charge is 0.269 e. The van der Waals surface area contributed by atoms with E-state index in [4.69, 9.17) is 5.73 Å². The van der Waals surface area contributed by atoms with Gasteiger partial charge in [-0.25, -0.2) is 9.97 Å². The van der Waals surface area contributed by atoms with Gasteiger partial charge in [0.05, 0.1) is 12.2 Å². The van der Waals surface area contributed by atoms with Crippen molar-refractivity contribution in [3.63, 3.8) is 0 Å². The highest BCUT2D eigenvalue weighted by Gasteiger charge is 2.20. The molecule has 1 aliphatic heterocycles. The lowest BCUT2D eigenvalue weighted by Crippen LogP contribution is -2.35. The lowest BCUT2D eigenvalue weighted by atomic mass is 10.1. The Labute approximate surface area is 150 Å². The Hall–Kier alpha value is -2.77. The number of hydrogen-bond donors (Lipinski definition) is 2. The summed E-state index contributed by atoms with van der Waals surface area (Å²) >= 11 is 0. The molecule has 0 radical (unpaired) electrons. The molecule has 0 saturated carbocycles. The van der Waals surface area contributed by atoms with Crippen molar-refractivity contribution in [2.24, 2.45) is 5.73 Å². The maximum absolute atomic E-state index is 11.9. The molecular formula is C17H17ClN6O. The number of fused-ring (bicyclic) bond motifs is 1. The van der Waals surface area contributed by atoms with Gasteiger partial charge in [0.2, 0.25) is 0 Å². The van der Waals surface area contributed by atoms with Crippen molar-refractivity contribution in [1.82, 2.24) is 25.1 Å². The normalized spacial score (nSPS) is 12.9. The minimum absolute atomic E-state index is 0. The number of amides is 1. The number of aromatic nitrogens is 4. The summed E-state index contributed by atoms with van der Waals surface area (Å²) in [5.74, 6) is 0.512. The third kappa shape index (κ3) is 3.24. The molecule has 0 unspecified atom stereocenters. The van der Waals surface area contributed by atoms with E-state index in [0.717, 1.165) is 11.1 Å². The van der Waals surface area contributed by atoms with E-state index in [1.165, 1.54) is 0 Å². The number of rotatable bonds is 3. The largest absolute Gasteiger partial charge is 0.349 e. The second-order valence-corrected chi connectivity index (χ2v) is 5.56. The summed E-state index contributed by atoms with van der Waals surface area (Å²) < 4.78 is 1.71. The molecule has 4 rings (SSSR count). The number of nitrogens with zero attached hydrogens (tertiary/aromatic N) is 4. The number of carbonyl (C=O) groups excluding carboxylic acids is 1. The number of carbonyl (C=O) groups is 1. The first-order chi connectivity index (χ1) is 11.7. The zero-order chi connectivity index (χ0) is 16.5. The second kappa shape index (κ2) is 7.00. The molecule has 0 saturated heterocycles. The third-order valence-corrected chi connectivity index (χ3v) is 3.99. The average Bonchev–Trinajstić information content (AvgIpc) is 3.08. The fourth-order valence-corrected chi connectivity index (χ4v) is 2.69. The van der Waals surface area contributed by atoms with E-state index in [1.54, 1.807) is 23.0 Å². The van der Waals surface area contributed by atoms with E-state index in [0.29, 0.717) is 42.5 Å². The molecule has 3 N–H and O–H groups in total. The highest BCUT2D eigenvalue weighted by atomic mass is 35.5. The Morgan fingerprint density at radius 2 is 1.96 bits per heavy atom. The van der Waals surface area contributed by atoms with Crippen LogP contribution >= 0.6 is 12.4 Å². The van der Waals surface area contributed by atoms with Gasteiger partial charge in [-0.05, 0) is 17.7 Å². The SMILES string of the molecule is Cl.NCc1ccc(-c2nccc(-c3cc4n(n3)CCNC4=O)n2)cc1. The number of hydrogen-bond acceptors (Lipinski definition) is 5. The first-order valence-electron chi connectivity index (χ1n) is 7.73. The van der Waals surface area contributed by atoms with Crippen molar-refractivity contribution in [1.29, 1.82) is 0 Å². The van der Waals surface area contributed by atoms with Gasteiger partial charge in [-0.1, -0.05) is 24.3 Å². The average molecular weight is 357 g/mol. The fraction of sp³-hybridized carbons (Fsp3) is 0.176. The van der Waals surface area contributed by atoms with Gasteiger partial charge in [-0.2, -0.15) is 5.10 Å². The summed E-state index contributed by atoms with van der Waals surface area (Å²) in [5, 5.41) is 7.29. The van der Waals surface area contributed by atoms with Crippen LogP contribution in [0.5, 0.6) is 0 Å². The highest BCUT2D eigenvalue weighted by Crippen LogP contribution is 2.22. The molecule has 128 valence electrons. The van der Waals surface area contributed by atoms with Gasteiger partial charge in [0.1, 0.15) is 11.4 Å². The van der Waals surface area contributed by atoms with Crippen LogP contribution in [-0.4, -0.2) is 32.2 Å². The van der Waals surface area contributed by atoms with E-state index in [2.05, 4.69) is 20.4 Å². The van der Waals surface area contributed by atoms with Crippen LogP contribution in [0.4, 0.5) is 0 Å². The highest BCUT2D eigenvalue weighted by molar-refractivity contribution is 5.94. The van der Waals surface area contributed by atoms with Crippen LogP contribution in [0.2, 0.25) is 0 Å². The molecule has 0 aliphatic carbocycles. The lowest BCUT2D eigenvalue weighted by molar-refractivity contribution is 0.0924. The Balaban J connectivity index is 0.00000182. The van der Waals surface area contributed by atoms with Crippen LogP contribution in [0.15, 0.2) is 42.6 Å². The van der Waals surface area contributed by atoms with Crippen LogP contribution in [0.3, 0.4) is 0 Å². The summed E-state index contributed by atoms with van der Waals surface area (Å²) in [6.07, 6.45) is 1.70. The number of nitrogens with one attached hydrogen (secondary N) is 1. The van der Waals surface area contributed by atoms with Gasteiger partial charge < -0.3 is 11.1 Å². The van der Waals surface area contributed by atoms with Crippen LogP contribution in [0.1, 0.15) is 16.1 Å². The van der Waals surface area contributed by atoms with Crippen LogP contribution in [0, 0.1) is 0 Å². The van der Waals surface area contributed by atoms with Crippen molar-refractivity contribution in [2.75, 3.05) is 6.54 Å². The molecule has 1 aromatic carbocycles. The topological polar surface area (TPSA) is 98.7 Å². The molecule has 1 amide bonds. The van der Waals surface area contributed by atoms with Crippen LogP contribution < -0.4 is 11.1 Å². The second-order valence-electron chi connectivity index (χ2n) is 5.56. The molecule has 3 heterocycles.